The predicted octanol–water partition coefficient (Wildman–Crippen LogP) is 2.16. The van der Waals surface area contributed by atoms with E-state index in [2.05, 4.69) is 24.4 Å². The maximum Gasteiger partial charge on any atom is 0.0532 e. The van der Waals surface area contributed by atoms with Gasteiger partial charge in [0.2, 0.25) is 0 Å². The lowest BCUT2D eigenvalue weighted by atomic mass is 10.0. The molecule has 0 spiro atoms. The second-order valence-corrected chi connectivity index (χ2v) is 5.61. The van der Waals surface area contributed by atoms with Gasteiger partial charge in [0, 0.05) is 16.7 Å². The first-order valence-corrected chi connectivity index (χ1v) is 6.70. The molecule has 0 aromatic heterocycles. The monoisotopic (exact) mass is 223 g/mol. The molecule has 0 bridgehead atoms. The zero-order chi connectivity index (χ0) is 10.8. The summed E-state index contributed by atoms with van der Waals surface area (Å²) in [4.78, 5) is 1.03. The number of hydrogen-bond donors (Lipinski definition) is 1. The van der Waals surface area contributed by atoms with Gasteiger partial charge in [-0.2, -0.15) is 0 Å². The third-order valence-corrected chi connectivity index (χ3v) is 4.48. The molecule has 0 saturated heterocycles. The second-order valence-electron chi connectivity index (χ2n) is 4.07. The van der Waals surface area contributed by atoms with E-state index in [1.165, 1.54) is 11.1 Å². The SMILES string of the molecule is CNC1CCCS(=O)c2ccc(C)cc21. The van der Waals surface area contributed by atoms with E-state index in [0.717, 1.165) is 23.5 Å². The van der Waals surface area contributed by atoms with Gasteiger partial charge in [-0.15, -0.1) is 0 Å². The molecule has 0 saturated carbocycles. The van der Waals surface area contributed by atoms with Crippen molar-refractivity contribution in [1.29, 1.82) is 0 Å². The molecule has 3 heteroatoms. The minimum atomic E-state index is -0.803. The van der Waals surface area contributed by atoms with Gasteiger partial charge in [0.25, 0.3) is 0 Å². The van der Waals surface area contributed by atoms with Crippen LogP contribution in [0.1, 0.15) is 30.0 Å². The third-order valence-electron chi connectivity index (χ3n) is 2.96. The lowest BCUT2D eigenvalue weighted by Gasteiger charge is -2.16. The minimum Gasteiger partial charge on any atom is -0.313 e. The van der Waals surface area contributed by atoms with Crippen molar-refractivity contribution < 1.29 is 4.21 Å². The fourth-order valence-corrected chi connectivity index (χ4v) is 3.46. The molecule has 0 fully saturated rings. The van der Waals surface area contributed by atoms with Gasteiger partial charge in [-0.3, -0.25) is 4.21 Å². The van der Waals surface area contributed by atoms with E-state index in [0.29, 0.717) is 6.04 Å². The number of fused-ring (bicyclic) bond motifs is 1. The quantitative estimate of drug-likeness (QED) is 0.790. The molecule has 1 aliphatic rings. The van der Waals surface area contributed by atoms with Gasteiger partial charge in [0.05, 0.1) is 10.8 Å². The highest BCUT2D eigenvalue weighted by Crippen LogP contribution is 2.29. The Bertz CT molecular complexity index is 389. The van der Waals surface area contributed by atoms with Gasteiger partial charge in [-0.1, -0.05) is 17.7 Å². The van der Waals surface area contributed by atoms with Crippen molar-refractivity contribution in [2.75, 3.05) is 12.8 Å². The van der Waals surface area contributed by atoms with E-state index in [-0.39, 0.29) is 0 Å². The molecule has 1 aromatic rings. The Hall–Kier alpha value is -0.670. The van der Waals surface area contributed by atoms with Gasteiger partial charge in [0.15, 0.2) is 0 Å². The summed E-state index contributed by atoms with van der Waals surface area (Å²) in [6.07, 6.45) is 2.12. The van der Waals surface area contributed by atoms with Gasteiger partial charge >= 0.3 is 0 Å². The normalized spacial score (nSPS) is 25.7. The number of hydrogen-bond acceptors (Lipinski definition) is 2. The van der Waals surface area contributed by atoms with Crippen molar-refractivity contribution in [2.45, 2.75) is 30.7 Å². The summed E-state index contributed by atoms with van der Waals surface area (Å²) in [7, 11) is 1.17. The third kappa shape index (κ3) is 2.13. The first-order chi connectivity index (χ1) is 7.22. The molecule has 2 unspecified atom stereocenters. The van der Waals surface area contributed by atoms with Crippen LogP contribution in [-0.2, 0) is 10.8 Å². The molecule has 0 amide bonds. The first kappa shape index (κ1) is 10.8. The van der Waals surface area contributed by atoms with Crippen LogP contribution in [0.15, 0.2) is 23.1 Å². The molecule has 1 N–H and O–H groups in total. The molecule has 1 aliphatic heterocycles. The molecule has 82 valence electrons. The lowest BCUT2D eigenvalue weighted by molar-refractivity contribution is 0.541. The summed E-state index contributed by atoms with van der Waals surface area (Å²) >= 11 is 0. The molecule has 2 rings (SSSR count). The molecular weight excluding hydrogens is 206 g/mol. The van der Waals surface area contributed by atoms with E-state index in [9.17, 15) is 4.21 Å². The Labute approximate surface area is 93.5 Å². The maximum atomic E-state index is 12.0. The fraction of sp³-hybridized carbons (Fsp3) is 0.500. The van der Waals surface area contributed by atoms with Crippen molar-refractivity contribution in [3.63, 3.8) is 0 Å². The fourth-order valence-electron chi connectivity index (χ4n) is 2.13. The summed E-state index contributed by atoms with van der Waals surface area (Å²) in [5, 5.41) is 3.31. The Balaban J connectivity index is 2.51. The van der Waals surface area contributed by atoms with E-state index in [4.69, 9.17) is 0 Å². The van der Waals surface area contributed by atoms with Crippen LogP contribution in [-0.4, -0.2) is 17.0 Å². The minimum absolute atomic E-state index is 0.367. The number of nitrogens with one attached hydrogen (secondary N) is 1. The van der Waals surface area contributed by atoms with Crippen molar-refractivity contribution in [2.24, 2.45) is 0 Å². The predicted molar refractivity (Wildman–Crippen MR) is 63.5 cm³/mol. The Kier molecular flexibility index (Phi) is 3.22. The van der Waals surface area contributed by atoms with E-state index in [1.54, 1.807) is 0 Å². The smallest absolute Gasteiger partial charge is 0.0532 e. The van der Waals surface area contributed by atoms with Crippen molar-refractivity contribution in [1.82, 2.24) is 5.32 Å². The molecular formula is C12H17NOS. The topological polar surface area (TPSA) is 29.1 Å². The van der Waals surface area contributed by atoms with Crippen molar-refractivity contribution in [3.05, 3.63) is 29.3 Å². The number of rotatable bonds is 1. The van der Waals surface area contributed by atoms with Crippen LogP contribution >= 0.6 is 0 Å². The molecule has 2 atom stereocenters. The summed E-state index contributed by atoms with van der Waals surface area (Å²) in [5.74, 6) is 0.800. The zero-order valence-corrected chi connectivity index (χ0v) is 10.1. The molecule has 15 heavy (non-hydrogen) atoms. The number of aryl methyl sites for hydroxylation is 1. The van der Waals surface area contributed by atoms with Crippen LogP contribution in [0.25, 0.3) is 0 Å². The summed E-state index contributed by atoms with van der Waals surface area (Å²) in [6.45, 7) is 2.08. The van der Waals surface area contributed by atoms with Gasteiger partial charge in [0.1, 0.15) is 0 Å². The Morgan fingerprint density at radius 3 is 3.00 bits per heavy atom. The summed E-state index contributed by atoms with van der Waals surface area (Å²) in [6, 6.07) is 6.61. The van der Waals surface area contributed by atoms with Crippen LogP contribution in [0, 0.1) is 6.92 Å². The molecule has 2 nitrogen and oxygen atoms in total. The van der Waals surface area contributed by atoms with Gasteiger partial charge < -0.3 is 5.32 Å². The largest absolute Gasteiger partial charge is 0.313 e. The second kappa shape index (κ2) is 4.45. The Morgan fingerprint density at radius 1 is 1.47 bits per heavy atom. The lowest BCUT2D eigenvalue weighted by Crippen LogP contribution is -2.16. The maximum absolute atomic E-state index is 12.0. The van der Waals surface area contributed by atoms with Crippen molar-refractivity contribution in [3.8, 4) is 0 Å². The van der Waals surface area contributed by atoms with E-state index >= 15 is 0 Å². The van der Waals surface area contributed by atoms with Crippen LogP contribution in [0.5, 0.6) is 0 Å². The first-order valence-electron chi connectivity index (χ1n) is 5.38. The summed E-state index contributed by atoms with van der Waals surface area (Å²) in [5.41, 5.74) is 2.47. The highest BCUT2D eigenvalue weighted by molar-refractivity contribution is 7.85. The van der Waals surface area contributed by atoms with Crippen LogP contribution in [0.4, 0.5) is 0 Å². The van der Waals surface area contributed by atoms with Crippen LogP contribution in [0.2, 0.25) is 0 Å². The Morgan fingerprint density at radius 2 is 2.27 bits per heavy atom. The molecule has 0 aliphatic carbocycles. The average molecular weight is 223 g/mol. The molecule has 1 aromatic carbocycles. The molecule has 0 radical (unpaired) electrons. The van der Waals surface area contributed by atoms with Gasteiger partial charge in [-0.25, -0.2) is 0 Å². The highest BCUT2D eigenvalue weighted by Gasteiger charge is 2.21. The average Bonchev–Trinajstić information content (AvgIpc) is 2.38. The number of benzene rings is 1. The van der Waals surface area contributed by atoms with Gasteiger partial charge in [-0.05, 0) is 38.4 Å². The highest BCUT2D eigenvalue weighted by atomic mass is 32.2. The van der Waals surface area contributed by atoms with Crippen molar-refractivity contribution >= 4 is 10.8 Å². The van der Waals surface area contributed by atoms with E-state index in [1.807, 2.05) is 13.1 Å². The van der Waals surface area contributed by atoms with E-state index < -0.39 is 10.8 Å². The summed E-state index contributed by atoms with van der Waals surface area (Å²) < 4.78 is 12.0. The standard InChI is InChI=1S/C12H17NOS/c1-9-5-6-12-10(8-9)11(13-2)4-3-7-15(12)14/h5-6,8,11,13H,3-4,7H2,1-2H3. The zero-order valence-electron chi connectivity index (χ0n) is 9.25. The van der Waals surface area contributed by atoms with Crippen LogP contribution < -0.4 is 5.32 Å². The van der Waals surface area contributed by atoms with Crippen LogP contribution in [0.3, 0.4) is 0 Å². The molecule has 1 heterocycles.